The molecule has 0 saturated heterocycles. The molecule has 0 aliphatic carbocycles. The average molecular weight is 624 g/mol. The quantitative estimate of drug-likeness (QED) is 0.0533. The first-order valence-electron chi connectivity index (χ1n) is 20.2. The van der Waals surface area contributed by atoms with E-state index in [9.17, 15) is 9.90 Å². The van der Waals surface area contributed by atoms with Crippen LogP contribution in [0.5, 0.6) is 0 Å². The summed E-state index contributed by atoms with van der Waals surface area (Å²) in [6, 6.07) is -0.471. The second kappa shape index (κ2) is 36.9. The van der Waals surface area contributed by atoms with Crippen molar-refractivity contribution in [1.29, 1.82) is 0 Å². The predicted octanol–water partition coefficient (Wildman–Crippen LogP) is 12.5. The Kier molecular flexibility index (Phi) is 36.3. The van der Waals surface area contributed by atoms with Gasteiger partial charge in [0.15, 0.2) is 0 Å². The monoisotopic (exact) mass is 624 g/mol. The van der Waals surface area contributed by atoms with E-state index in [-0.39, 0.29) is 12.6 Å². The van der Waals surface area contributed by atoms with Crippen LogP contribution >= 0.6 is 0 Å². The summed E-state index contributed by atoms with van der Waals surface area (Å²) >= 11 is 0. The summed E-state index contributed by atoms with van der Waals surface area (Å²) in [6.07, 6.45) is 43.4. The third-order valence-electron chi connectivity index (χ3n) is 9.52. The first-order valence-corrected chi connectivity index (χ1v) is 20.2. The smallest absolute Gasteiger partial charge is 0.305 e. The standard InChI is InChI=1S/C40H81NO3/c1-3-5-7-9-11-13-15-17-18-19-20-21-22-24-26-28-30-32-34-36-40(43)44-37-38(41)39(42)35-33-31-29-27-25-23-16-14-12-10-8-6-4-2/h38-39,42H,3-37,41H2,1-2H3. The van der Waals surface area contributed by atoms with E-state index in [2.05, 4.69) is 13.8 Å². The molecule has 3 N–H and O–H groups in total. The molecule has 2 atom stereocenters. The van der Waals surface area contributed by atoms with E-state index in [0.29, 0.717) is 12.8 Å². The maximum absolute atomic E-state index is 12.1. The summed E-state index contributed by atoms with van der Waals surface area (Å²) in [5, 5.41) is 10.3. The molecular weight excluding hydrogens is 542 g/mol. The van der Waals surface area contributed by atoms with Crippen molar-refractivity contribution in [3.63, 3.8) is 0 Å². The number of aliphatic hydroxyl groups excluding tert-OH is 1. The van der Waals surface area contributed by atoms with Crippen molar-refractivity contribution in [1.82, 2.24) is 0 Å². The van der Waals surface area contributed by atoms with Gasteiger partial charge in [-0.3, -0.25) is 4.79 Å². The number of nitrogens with two attached hydrogens (primary N) is 1. The Balaban J connectivity index is 3.36. The van der Waals surface area contributed by atoms with Crippen LogP contribution in [-0.2, 0) is 9.53 Å². The maximum Gasteiger partial charge on any atom is 0.305 e. The zero-order valence-corrected chi connectivity index (χ0v) is 30.2. The number of esters is 1. The molecule has 0 rings (SSSR count). The van der Waals surface area contributed by atoms with Crippen LogP contribution in [0.4, 0.5) is 0 Å². The summed E-state index contributed by atoms with van der Waals surface area (Å²) in [6.45, 7) is 4.70. The number of rotatable bonds is 37. The topological polar surface area (TPSA) is 72.5 Å². The predicted molar refractivity (Wildman–Crippen MR) is 193 cm³/mol. The van der Waals surface area contributed by atoms with Gasteiger partial charge in [-0.2, -0.15) is 0 Å². The molecule has 0 spiro atoms. The van der Waals surface area contributed by atoms with E-state index < -0.39 is 12.1 Å². The van der Waals surface area contributed by atoms with Crippen LogP contribution in [0.15, 0.2) is 0 Å². The van der Waals surface area contributed by atoms with Crippen LogP contribution in [0, 0.1) is 0 Å². The van der Waals surface area contributed by atoms with Crippen LogP contribution in [0.1, 0.15) is 232 Å². The number of hydrogen-bond donors (Lipinski definition) is 2. The Hall–Kier alpha value is -0.610. The van der Waals surface area contributed by atoms with E-state index in [0.717, 1.165) is 25.7 Å². The van der Waals surface area contributed by atoms with Gasteiger partial charge in [-0.1, -0.05) is 213 Å². The minimum atomic E-state index is -0.578. The lowest BCUT2D eigenvalue weighted by Gasteiger charge is -2.18. The Bertz CT molecular complexity index is 555. The first-order chi connectivity index (χ1) is 21.6. The summed E-state index contributed by atoms with van der Waals surface area (Å²) in [7, 11) is 0. The largest absolute Gasteiger partial charge is 0.464 e. The van der Waals surface area contributed by atoms with E-state index in [1.165, 1.54) is 180 Å². The van der Waals surface area contributed by atoms with Gasteiger partial charge in [0, 0.05) is 6.42 Å². The van der Waals surface area contributed by atoms with E-state index >= 15 is 0 Å². The molecule has 0 aromatic carbocycles. The van der Waals surface area contributed by atoms with Crippen LogP contribution in [0.3, 0.4) is 0 Å². The fourth-order valence-electron chi connectivity index (χ4n) is 6.31. The van der Waals surface area contributed by atoms with Crippen LogP contribution in [0.2, 0.25) is 0 Å². The van der Waals surface area contributed by atoms with Gasteiger partial charge in [0.25, 0.3) is 0 Å². The molecule has 44 heavy (non-hydrogen) atoms. The van der Waals surface area contributed by atoms with Crippen LogP contribution in [0.25, 0.3) is 0 Å². The lowest BCUT2D eigenvalue weighted by atomic mass is 10.0. The zero-order valence-electron chi connectivity index (χ0n) is 30.2. The van der Waals surface area contributed by atoms with E-state index in [4.69, 9.17) is 10.5 Å². The summed E-state index contributed by atoms with van der Waals surface area (Å²) < 4.78 is 5.36. The maximum atomic E-state index is 12.1. The molecule has 0 saturated carbocycles. The second-order valence-corrected chi connectivity index (χ2v) is 14.1. The molecule has 0 aliphatic rings. The van der Waals surface area contributed by atoms with Crippen molar-refractivity contribution in [2.24, 2.45) is 5.73 Å². The zero-order chi connectivity index (χ0) is 32.2. The van der Waals surface area contributed by atoms with Gasteiger partial charge in [-0.25, -0.2) is 0 Å². The van der Waals surface area contributed by atoms with Gasteiger partial charge in [0.2, 0.25) is 0 Å². The highest BCUT2D eigenvalue weighted by atomic mass is 16.5. The van der Waals surface area contributed by atoms with Gasteiger partial charge in [0.1, 0.15) is 6.61 Å². The van der Waals surface area contributed by atoms with Crippen molar-refractivity contribution in [3.05, 3.63) is 0 Å². The van der Waals surface area contributed by atoms with Crippen molar-refractivity contribution >= 4 is 5.97 Å². The molecule has 0 aromatic heterocycles. The van der Waals surface area contributed by atoms with Gasteiger partial charge in [-0.15, -0.1) is 0 Å². The summed E-state index contributed by atoms with van der Waals surface area (Å²) in [4.78, 5) is 12.1. The lowest BCUT2D eigenvalue weighted by Crippen LogP contribution is -2.39. The normalized spacial score (nSPS) is 12.9. The molecule has 0 aromatic rings. The van der Waals surface area contributed by atoms with Gasteiger partial charge < -0.3 is 15.6 Å². The molecule has 0 aliphatic heterocycles. The van der Waals surface area contributed by atoms with Crippen LogP contribution in [-0.4, -0.2) is 29.8 Å². The summed E-state index contributed by atoms with van der Waals surface area (Å²) in [5.74, 6) is -0.166. The molecule has 4 heteroatoms. The number of carbonyl (C=O) groups is 1. The molecule has 0 fully saturated rings. The number of unbranched alkanes of at least 4 members (excludes halogenated alkanes) is 30. The van der Waals surface area contributed by atoms with Crippen molar-refractivity contribution < 1.29 is 14.6 Å². The Morgan fingerprint density at radius 2 is 0.750 bits per heavy atom. The second-order valence-electron chi connectivity index (χ2n) is 14.1. The van der Waals surface area contributed by atoms with E-state index in [1.54, 1.807) is 0 Å². The van der Waals surface area contributed by atoms with Crippen LogP contribution < -0.4 is 5.73 Å². The van der Waals surface area contributed by atoms with Gasteiger partial charge >= 0.3 is 5.97 Å². The molecule has 0 radical (unpaired) electrons. The highest BCUT2D eigenvalue weighted by Crippen LogP contribution is 2.16. The number of hydrogen-bond acceptors (Lipinski definition) is 4. The molecular formula is C40H81NO3. The lowest BCUT2D eigenvalue weighted by molar-refractivity contribution is -0.145. The number of carbonyl (C=O) groups excluding carboxylic acids is 1. The van der Waals surface area contributed by atoms with Gasteiger partial charge in [0.05, 0.1) is 12.1 Å². The fourth-order valence-corrected chi connectivity index (χ4v) is 6.31. The third kappa shape index (κ3) is 34.3. The minimum Gasteiger partial charge on any atom is -0.464 e. The summed E-state index contributed by atoms with van der Waals surface area (Å²) in [5.41, 5.74) is 6.09. The van der Waals surface area contributed by atoms with Crippen molar-refractivity contribution in [2.45, 2.75) is 244 Å². The molecule has 0 amide bonds. The number of ether oxygens (including phenoxy) is 1. The van der Waals surface area contributed by atoms with Gasteiger partial charge in [-0.05, 0) is 12.8 Å². The molecule has 2 unspecified atom stereocenters. The molecule has 264 valence electrons. The fraction of sp³-hybridized carbons (Fsp3) is 0.975. The molecule has 0 bridgehead atoms. The average Bonchev–Trinajstić information content (AvgIpc) is 3.03. The minimum absolute atomic E-state index is 0.136. The Labute approximate surface area is 276 Å². The first kappa shape index (κ1) is 43.4. The Morgan fingerprint density at radius 1 is 0.477 bits per heavy atom. The third-order valence-corrected chi connectivity index (χ3v) is 9.52. The SMILES string of the molecule is CCCCCCCCCCCCCCCCCCCCCC(=O)OCC(N)C(O)CCCCCCCCCCCCCCC. The van der Waals surface area contributed by atoms with Crippen molar-refractivity contribution in [2.75, 3.05) is 6.61 Å². The highest BCUT2D eigenvalue weighted by molar-refractivity contribution is 5.69. The Morgan fingerprint density at radius 3 is 1.07 bits per heavy atom. The van der Waals surface area contributed by atoms with Crippen molar-refractivity contribution in [3.8, 4) is 0 Å². The highest BCUT2D eigenvalue weighted by Gasteiger charge is 2.16. The number of aliphatic hydroxyl groups is 1. The molecule has 4 nitrogen and oxygen atoms in total. The molecule has 0 heterocycles. The van der Waals surface area contributed by atoms with E-state index in [1.807, 2.05) is 0 Å².